The van der Waals surface area contributed by atoms with Gasteiger partial charge in [-0.15, -0.1) is 6.58 Å². The van der Waals surface area contributed by atoms with Gasteiger partial charge in [-0.25, -0.2) is 4.79 Å². The molecule has 1 fully saturated rings. The van der Waals surface area contributed by atoms with E-state index in [1.165, 1.54) is 5.56 Å². The second kappa shape index (κ2) is 5.04. The van der Waals surface area contributed by atoms with Crippen molar-refractivity contribution in [3.8, 4) is 0 Å². The Kier molecular flexibility index (Phi) is 3.47. The first-order chi connectivity index (χ1) is 8.20. The van der Waals surface area contributed by atoms with Crippen molar-refractivity contribution < 1.29 is 4.79 Å². The highest BCUT2D eigenvalue weighted by Gasteiger charge is 2.25. The molecular formula is C14H18N2O. The van der Waals surface area contributed by atoms with Gasteiger partial charge in [0.1, 0.15) is 0 Å². The Morgan fingerprint density at radius 3 is 2.82 bits per heavy atom. The summed E-state index contributed by atoms with van der Waals surface area (Å²) >= 11 is 0. The molecule has 3 heteroatoms. The minimum Gasteiger partial charge on any atom is -0.337 e. The first-order valence-corrected chi connectivity index (χ1v) is 5.93. The molecule has 1 aromatic carbocycles. The molecule has 0 bridgehead atoms. The Morgan fingerprint density at radius 1 is 1.47 bits per heavy atom. The fraction of sp³-hybridized carbons (Fsp3) is 0.357. The summed E-state index contributed by atoms with van der Waals surface area (Å²) in [6.07, 6.45) is 2.85. The molecule has 90 valence electrons. The number of nitrogens with zero attached hydrogens (tertiary/aromatic N) is 1. The minimum atomic E-state index is -0.00540. The van der Waals surface area contributed by atoms with Crippen LogP contribution in [0.4, 0.5) is 10.5 Å². The third-order valence-electron chi connectivity index (χ3n) is 3.07. The molecule has 0 aromatic heterocycles. The van der Waals surface area contributed by atoms with Crippen LogP contribution in [-0.4, -0.2) is 19.1 Å². The quantitative estimate of drug-likeness (QED) is 0.796. The number of anilines is 1. The fourth-order valence-electron chi connectivity index (χ4n) is 2.07. The summed E-state index contributed by atoms with van der Waals surface area (Å²) in [6, 6.07) is 8.03. The lowest BCUT2D eigenvalue weighted by molar-refractivity contribution is 0.237. The molecule has 1 aliphatic heterocycles. The van der Waals surface area contributed by atoms with Crippen molar-refractivity contribution in [2.45, 2.75) is 13.3 Å². The summed E-state index contributed by atoms with van der Waals surface area (Å²) in [5.74, 6) is 0.450. The number of carbonyl (C=O) groups is 1. The van der Waals surface area contributed by atoms with Crippen LogP contribution in [0.5, 0.6) is 0 Å². The zero-order valence-electron chi connectivity index (χ0n) is 10.1. The van der Waals surface area contributed by atoms with Gasteiger partial charge in [-0.1, -0.05) is 23.8 Å². The number of aryl methyl sites for hydroxylation is 1. The van der Waals surface area contributed by atoms with Crippen LogP contribution in [0.15, 0.2) is 36.9 Å². The normalized spacial score (nSPS) is 19.9. The van der Waals surface area contributed by atoms with E-state index in [4.69, 9.17) is 0 Å². The predicted octanol–water partition coefficient (Wildman–Crippen LogP) is 2.72. The molecular weight excluding hydrogens is 212 g/mol. The number of rotatable bonds is 3. The first kappa shape index (κ1) is 11.7. The summed E-state index contributed by atoms with van der Waals surface area (Å²) in [7, 11) is 0. The summed E-state index contributed by atoms with van der Waals surface area (Å²) < 4.78 is 0. The first-order valence-electron chi connectivity index (χ1n) is 5.93. The molecule has 1 aromatic rings. The van der Waals surface area contributed by atoms with Crippen molar-refractivity contribution in [1.82, 2.24) is 5.32 Å². The van der Waals surface area contributed by atoms with Crippen LogP contribution in [0.1, 0.15) is 12.0 Å². The Labute approximate surface area is 102 Å². The Balaban J connectivity index is 2.14. The highest BCUT2D eigenvalue weighted by molar-refractivity contribution is 5.92. The van der Waals surface area contributed by atoms with Crippen LogP contribution in [0, 0.1) is 12.8 Å². The molecule has 0 aliphatic carbocycles. The lowest BCUT2D eigenvalue weighted by atomic mass is 10.0. The van der Waals surface area contributed by atoms with Crippen molar-refractivity contribution >= 4 is 11.7 Å². The molecule has 2 rings (SSSR count). The van der Waals surface area contributed by atoms with Crippen molar-refractivity contribution in [3.05, 3.63) is 42.5 Å². The maximum Gasteiger partial charge on any atom is 0.321 e. The van der Waals surface area contributed by atoms with Crippen LogP contribution in [-0.2, 0) is 0 Å². The van der Waals surface area contributed by atoms with Crippen molar-refractivity contribution in [2.24, 2.45) is 5.92 Å². The fourth-order valence-corrected chi connectivity index (χ4v) is 2.07. The van der Waals surface area contributed by atoms with Crippen LogP contribution in [0.3, 0.4) is 0 Å². The number of urea groups is 1. The Morgan fingerprint density at radius 2 is 2.18 bits per heavy atom. The highest BCUT2D eigenvalue weighted by Crippen LogP contribution is 2.20. The van der Waals surface area contributed by atoms with Crippen molar-refractivity contribution in [1.29, 1.82) is 0 Å². The second-order valence-corrected chi connectivity index (χ2v) is 4.52. The van der Waals surface area contributed by atoms with Gasteiger partial charge in [0.15, 0.2) is 0 Å². The third kappa shape index (κ3) is 2.67. The third-order valence-corrected chi connectivity index (χ3v) is 3.07. The zero-order valence-corrected chi connectivity index (χ0v) is 10.1. The van der Waals surface area contributed by atoms with E-state index >= 15 is 0 Å². The predicted molar refractivity (Wildman–Crippen MR) is 70.2 cm³/mol. The lowest BCUT2D eigenvalue weighted by Crippen LogP contribution is -2.51. The van der Waals surface area contributed by atoms with Gasteiger partial charge in [-0.2, -0.15) is 0 Å². The Hall–Kier alpha value is -1.77. The molecule has 17 heavy (non-hydrogen) atoms. The van der Waals surface area contributed by atoms with E-state index in [1.807, 2.05) is 37.3 Å². The summed E-state index contributed by atoms with van der Waals surface area (Å²) in [5, 5.41) is 2.92. The number of amides is 2. The molecule has 1 unspecified atom stereocenters. The maximum atomic E-state index is 11.8. The molecule has 1 N–H and O–H groups in total. The molecule has 1 saturated heterocycles. The second-order valence-electron chi connectivity index (χ2n) is 4.52. The van der Waals surface area contributed by atoms with E-state index < -0.39 is 0 Å². The van der Waals surface area contributed by atoms with Gasteiger partial charge in [-0.05, 0) is 31.4 Å². The summed E-state index contributed by atoms with van der Waals surface area (Å²) in [4.78, 5) is 13.6. The molecule has 0 saturated carbocycles. The van der Waals surface area contributed by atoms with Crippen LogP contribution in [0.2, 0.25) is 0 Å². The number of allylic oxidation sites excluding steroid dienone is 1. The van der Waals surface area contributed by atoms with Gasteiger partial charge in [0.25, 0.3) is 0 Å². The van der Waals surface area contributed by atoms with Gasteiger partial charge in [0.2, 0.25) is 0 Å². The van der Waals surface area contributed by atoms with E-state index in [0.29, 0.717) is 5.92 Å². The molecule has 1 aliphatic rings. The van der Waals surface area contributed by atoms with Gasteiger partial charge < -0.3 is 5.32 Å². The van der Waals surface area contributed by atoms with Crippen molar-refractivity contribution in [2.75, 3.05) is 18.0 Å². The number of benzene rings is 1. The summed E-state index contributed by atoms with van der Waals surface area (Å²) in [5.41, 5.74) is 2.16. The van der Waals surface area contributed by atoms with Crippen LogP contribution < -0.4 is 10.2 Å². The van der Waals surface area contributed by atoms with Gasteiger partial charge in [0, 0.05) is 18.8 Å². The number of hydrogen-bond donors (Lipinski definition) is 1. The monoisotopic (exact) mass is 230 g/mol. The van der Waals surface area contributed by atoms with E-state index in [-0.39, 0.29) is 6.03 Å². The smallest absolute Gasteiger partial charge is 0.321 e. The minimum absolute atomic E-state index is 0.00540. The number of hydrogen-bond acceptors (Lipinski definition) is 1. The average molecular weight is 230 g/mol. The average Bonchev–Trinajstić information content (AvgIpc) is 2.33. The van der Waals surface area contributed by atoms with Gasteiger partial charge in [0.05, 0.1) is 0 Å². The largest absolute Gasteiger partial charge is 0.337 e. The zero-order chi connectivity index (χ0) is 12.3. The van der Waals surface area contributed by atoms with Gasteiger partial charge >= 0.3 is 6.03 Å². The number of nitrogens with one attached hydrogen (secondary N) is 1. The Bertz CT molecular complexity index is 411. The maximum absolute atomic E-state index is 11.8. The summed E-state index contributed by atoms with van der Waals surface area (Å²) in [6.45, 7) is 7.30. The topological polar surface area (TPSA) is 32.3 Å². The van der Waals surface area contributed by atoms with E-state index in [2.05, 4.69) is 11.9 Å². The SMILES string of the molecule is C=CCC1CNC(=O)N(c2ccc(C)cc2)C1. The lowest BCUT2D eigenvalue weighted by Gasteiger charge is -2.33. The molecule has 1 atom stereocenters. The molecule has 2 amide bonds. The van der Waals surface area contributed by atoms with E-state index in [1.54, 1.807) is 4.90 Å². The highest BCUT2D eigenvalue weighted by atomic mass is 16.2. The van der Waals surface area contributed by atoms with Gasteiger partial charge in [-0.3, -0.25) is 4.90 Å². The van der Waals surface area contributed by atoms with Crippen LogP contribution >= 0.6 is 0 Å². The molecule has 3 nitrogen and oxygen atoms in total. The standard InChI is InChI=1S/C14H18N2O/c1-3-4-12-9-15-14(17)16(10-12)13-7-5-11(2)6-8-13/h3,5-8,12H,1,4,9-10H2,2H3,(H,15,17). The molecule has 0 radical (unpaired) electrons. The van der Waals surface area contributed by atoms with E-state index in [9.17, 15) is 4.79 Å². The van der Waals surface area contributed by atoms with Crippen LogP contribution in [0.25, 0.3) is 0 Å². The molecule has 0 spiro atoms. The molecule has 1 heterocycles. The van der Waals surface area contributed by atoms with E-state index in [0.717, 1.165) is 25.2 Å². The number of carbonyl (C=O) groups excluding carboxylic acids is 1. The van der Waals surface area contributed by atoms with Crippen molar-refractivity contribution in [3.63, 3.8) is 0 Å².